The molecular weight excluding hydrogens is 270 g/mol. The van der Waals surface area contributed by atoms with E-state index in [1.54, 1.807) is 17.0 Å². The van der Waals surface area contributed by atoms with Crippen molar-refractivity contribution in [1.29, 1.82) is 0 Å². The molecule has 1 aromatic carbocycles. The number of hydrogen-bond acceptors (Lipinski definition) is 4. The third-order valence-electron chi connectivity index (χ3n) is 3.47. The SMILES string of the molecule is CCCN(CC1CC1)C(=O)COC(=O)c1ccccc1O. The van der Waals surface area contributed by atoms with Crippen LogP contribution in [0.5, 0.6) is 5.75 Å². The van der Waals surface area contributed by atoms with Crippen molar-refractivity contribution in [3.63, 3.8) is 0 Å². The lowest BCUT2D eigenvalue weighted by Gasteiger charge is -2.21. The van der Waals surface area contributed by atoms with Crippen molar-refractivity contribution in [2.45, 2.75) is 26.2 Å². The van der Waals surface area contributed by atoms with Crippen LogP contribution in [0.3, 0.4) is 0 Å². The Morgan fingerprint density at radius 3 is 2.67 bits per heavy atom. The molecule has 1 N–H and O–H groups in total. The molecule has 0 radical (unpaired) electrons. The Labute approximate surface area is 124 Å². The first-order valence-corrected chi connectivity index (χ1v) is 7.34. The zero-order valence-corrected chi connectivity index (χ0v) is 12.2. The Kier molecular flexibility index (Phi) is 5.20. The summed E-state index contributed by atoms with van der Waals surface area (Å²) in [6.07, 6.45) is 3.22. The second-order valence-electron chi connectivity index (χ2n) is 5.38. The maximum atomic E-state index is 12.1. The molecule has 2 rings (SSSR count). The molecule has 0 spiro atoms. The van der Waals surface area contributed by atoms with Crippen molar-refractivity contribution in [2.75, 3.05) is 19.7 Å². The molecule has 0 heterocycles. The minimum atomic E-state index is -0.677. The van der Waals surface area contributed by atoms with Crippen molar-refractivity contribution < 1.29 is 19.4 Å². The van der Waals surface area contributed by atoms with Crippen LogP contribution in [-0.2, 0) is 9.53 Å². The number of phenolic OH excluding ortho intramolecular Hbond substituents is 1. The van der Waals surface area contributed by atoms with Gasteiger partial charge in [0.1, 0.15) is 11.3 Å². The quantitative estimate of drug-likeness (QED) is 0.782. The van der Waals surface area contributed by atoms with Gasteiger partial charge in [-0.15, -0.1) is 0 Å². The number of nitrogens with zero attached hydrogens (tertiary/aromatic N) is 1. The minimum absolute atomic E-state index is 0.0783. The number of hydrogen-bond donors (Lipinski definition) is 1. The van der Waals surface area contributed by atoms with Gasteiger partial charge in [-0.25, -0.2) is 4.79 Å². The predicted molar refractivity (Wildman–Crippen MR) is 78.0 cm³/mol. The number of rotatable bonds is 7. The topological polar surface area (TPSA) is 66.8 Å². The Hall–Kier alpha value is -2.04. The highest BCUT2D eigenvalue weighted by atomic mass is 16.5. The van der Waals surface area contributed by atoms with E-state index in [1.165, 1.54) is 25.0 Å². The van der Waals surface area contributed by atoms with Crippen LogP contribution in [0.25, 0.3) is 0 Å². The van der Waals surface area contributed by atoms with Gasteiger partial charge in [0.25, 0.3) is 5.91 Å². The van der Waals surface area contributed by atoms with Crippen LogP contribution in [0.15, 0.2) is 24.3 Å². The van der Waals surface area contributed by atoms with Gasteiger partial charge in [0.15, 0.2) is 6.61 Å². The summed E-state index contributed by atoms with van der Waals surface area (Å²) in [5, 5.41) is 9.57. The fraction of sp³-hybridized carbons (Fsp3) is 0.500. The minimum Gasteiger partial charge on any atom is -0.507 e. The van der Waals surface area contributed by atoms with Crippen LogP contribution in [0.1, 0.15) is 36.5 Å². The molecule has 0 unspecified atom stereocenters. The summed E-state index contributed by atoms with van der Waals surface area (Å²) in [7, 11) is 0. The van der Waals surface area contributed by atoms with Gasteiger partial charge < -0.3 is 14.7 Å². The highest BCUT2D eigenvalue weighted by Crippen LogP contribution is 2.29. The lowest BCUT2D eigenvalue weighted by molar-refractivity contribution is -0.134. The smallest absolute Gasteiger partial charge is 0.342 e. The molecule has 1 fully saturated rings. The third-order valence-corrected chi connectivity index (χ3v) is 3.47. The first-order valence-electron chi connectivity index (χ1n) is 7.34. The second kappa shape index (κ2) is 7.11. The molecule has 0 aromatic heterocycles. The monoisotopic (exact) mass is 291 g/mol. The Morgan fingerprint density at radius 2 is 2.05 bits per heavy atom. The normalized spacial score (nSPS) is 13.8. The molecular formula is C16H21NO4. The van der Waals surface area contributed by atoms with Crippen LogP contribution in [0, 0.1) is 5.92 Å². The van der Waals surface area contributed by atoms with Gasteiger partial charge in [0.2, 0.25) is 0 Å². The van der Waals surface area contributed by atoms with Gasteiger partial charge in [-0.2, -0.15) is 0 Å². The standard InChI is InChI=1S/C16H21NO4/c1-2-9-17(10-12-7-8-12)15(19)11-21-16(20)13-5-3-4-6-14(13)18/h3-6,12,18H,2,7-11H2,1H3. The van der Waals surface area contributed by atoms with Gasteiger partial charge in [-0.05, 0) is 37.3 Å². The summed E-state index contributed by atoms with van der Waals surface area (Å²) in [5.41, 5.74) is 0.0783. The summed E-state index contributed by atoms with van der Waals surface area (Å²) < 4.78 is 5.01. The van der Waals surface area contributed by atoms with Gasteiger partial charge in [0.05, 0.1) is 0 Å². The van der Waals surface area contributed by atoms with Crippen molar-refractivity contribution in [2.24, 2.45) is 5.92 Å². The number of aromatic hydroxyl groups is 1. The first-order chi connectivity index (χ1) is 10.1. The molecule has 1 aromatic rings. The van der Waals surface area contributed by atoms with Crippen LogP contribution < -0.4 is 0 Å². The van der Waals surface area contributed by atoms with Crippen LogP contribution in [0.2, 0.25) is 0 Å². The van der Waals surface area contributed by atoms with Crippen molar-refractivity contribution in [3.05, 3.63) is 29.8 Å². The van der Waals surface area contributed by atoms with Gasteiger partial charge in [0, 0.05) is 13.1 Å². The van der Waals surface area contributed by atoms with Crippen LogP contribution in [-0.4, -0.2) is 41.6 Å². The maximum Gasteiger partial charge on any atom is 0.342 e. The number of amides is 1. The number of carbonyl (C=O) groups is 2. The summed E-state index contributed by atoms with van der Waals surface area (Å²) in [6.45, 7) is 3.17. The van der Waals surface area contributed by atoms with E-state index in [4.69, 9.17) is 4.74 Å². The summed E-state index contributed by atoms with van der Waals surface area (Å²) in [5.74, 6) is -0.385. The Balaban J connectivity index is 1.86. The van der Waals surface area contributed by atoms with E-state index < -0.39 is 5.97 Å². The average Bonchev–Trinajstić information content (AvgIpc) is 3.28. The van der Waals surface area contributed by atoms with Crippen LogP contribution in [0.4, 0.5) is 0 Å². The fourth-order valence-corrected chi connectivity index (χ4v) is 2.14. The van der Waals surface area contributed by atoms with Crippen LogP contribution >= 0.6 is 0 Å². The Morgan fingerprint density at radius 1 is 1.33 bits per heavy atom. The molecule has 0 bridgehead atoms. The number of carbonyl (C=O) groups excluding carboxylic acids is 2. The number of phenols is 1. The first kappa shape index (κ1) is 15.4. The zero-order chi connectivity index (χ0) is 15.2. The summed E-state index contributed by atoms with van der Waals surface area (Å²) in [4.78, 5) is 25.7. The molecule has 0 aliphatic heterocycles. The van der Waals surface area contributed by atoms with Gasteiger partial charge >= 0.3 is 5.97 Å². The van der Waals surface area contributed by atoms with E-state index in [0.717, 1.165) is 13.0 Å². The average molecular weight is 291 g/mol. The number of benzene rings is 1. The molecule has 0 saturated heterocycles. The molecule has 5 nitrogen and oxygen atoms in total. The second-order valence-corrected chi connectivity index (χ2v) is 5.38. The van der Waals surface area contributed by atoms with E-state index in [0.29, 0.717) is 12.5 Å². The molecule has 0 atom stereocenters. The highest BCUT2D eigenvalue weighted by Gasteiger charge is 2.26. The maximum absolute atomic E-state index is 12.1. The third kappa shape index (κ3) is 4.48. The van der Waals surface area contributed by atoms with E-state index in [-0.39, 0.29) is 23.8 Å². The van der Waals surface area contributed by atoms with Crippen molar-refractivity contribution >= 4 is 11.9 Å². The molecule has 114 valence electrons. The summed E-state index contributed by atoms with van der Waals surface area (Å²) in [6, 6.07) is 6.13. The molecule has 1 saturated carbocycles. The van der Waals surface area contributed by atoms with Crippen molar-refractivity contribution in [1.82, 2.24) is 4.90 Å². The van der Waals surface area contributed by atoms with E-state index >= 15 is 0 Å². The van der Waals surface area contributed by atoms with E-state index in [2.05, 4.69) is 0 Å². The van der Waals surface area contributed by atoms with E-state index in [1.807, 2.05) is 6.92 Å². The number of para-hydroxylation sites is 1. The number of esters is 1. The van der Waals surface area contributed by atoms with Gasteiger partial charge in [-0.3, -0.25) is 4.79 Å². The number of ether oxygens (including phenoxy) is 1. The lowest BCUT2D eigenvalue weighted by atomic mass is 10.2. The zero-order valence-electron chi connectivity index (χ0n) is 12.2. The largest absolute Gasteiger partial charge is 0.507 e. The molecule has 1 aliphatic rings. The summed E-state index contributed by atoms with van der Waals surface area (Å²) >= 11 is 0. The van der Waals surface area contributed by atoms with Crippen molar-refractivity contribution in [3.8, 4) is 5.75 Å². The molecule has 1 amide bonds. The molecule has 1 aliphatic carbocycles. The lowest BCUT2D eigenvalue weighted by Crippen LogP contribution is -2.36. The van der Waals surface area contributed by atoms with E-state index in [9.17, 15) is 14.7 Å². The Bertz CT molecular complexity index is 511. The molecule has 21 heavy (non-hydrogen) atoms. The predicted octanol–water partition coefficient (Wildman–Crippen LogP) is 2.20. The van der Waals surface area contributed by atoms with Gasteiger partial charge in [-0.1, -0.05) is 19.1 Å². The highest BCUT2D eigenvalue weighted by molar-refractivity contribution is 5.93. The fourth-order valence-electron chi connectivity index (χ4n) is 2.14. The molecule has 5 heteroatoms.